The Bertz CT molecular complexity index is 656. The van der Waals surface area contributed by atoms with Gasteiger partial charge in [-0.15, -0.1) is 11.8 Å². The van der Waals surface area contributed by atoms with Gasteiger partial charge in [0.25, 0.3) is 0 Å². The smallest absolute Gasteiger partial charge is 0.238 e. The van der Waals surface area contributed by atoms with Gasteiger partial charge in [-0.1, -0.05) is 48.9 Å². The minimum absolute atomic E-state index is 0.0429. The maximum Gasteiger partial charge on any atom is 0.238 e. The van der Waals surface area contributed by atoms with Gasteiger partial charge in [-0.3, -0.25) is 9.69 Å². The summed E-state index contributed by atoms with van der Waals surface area (Å²) in [4.78, 5) is 14.1. The third-order valence-electron chi connectivity index (χ3n) is 3.66. The van der Waals surface area contributed by atoms with Crippen LogP contribution >= 0.6 is 23.4 Å². The number of benzene rings is 2. The number of hydrogen-bond donors (Lipinski definition) is 0. The first-order valence-corrected chi connectivity index (χ1v) is 8.40. The monoisotopic (exact) mass is 317 g/mol. The molecule has 1 atom stereocenters. The number of carbonyl (C=O) groups excluding carboxylic acids is 1. The summed E-state index contributed by atoms with van der Waals surface area (Å²) in [6.45, 7) is 2.12. The van der Waals surface area contributed by atoms with Gasteiger partial charge in [0, 0.05) is 16.3 Å². The van der Waals surface area contributed by atoms with Gasteiger partial charge in [0.05, 0.1) is 5.75 Å². The third-order valence-corrected chi connectivity index (χ3v) is 5.20. The van der Waals surface area contributed by atoms with E-state index in [1.807, 2.05) is 41.3 Å². The summed E-state index contributed by atoms with van der Waals surface area (Å²) >= 11 is 7.92. The normalized spacial score (nSPS) is 18.3. The molecule has 2 nitrogen and oxygen atoms in total. The second kappa shape index (κ2) is 6.12. The highest BCUT2D eigenvalue weighted by molar-refractivity contribution is 8.00. The molecule has 0 N–H and O–H groups in total. The molecule has 1 amide bonds. The van der Waals surface area contributed by atoms with Gasteiger partial charge in [0.15, 0.2) is 0 Å². The van der Waals surface area contributed by atoms with Crippen molar-refractivity contribution in [3.8, 4) is 0 Å². The topological polar surface area (TPSA) is 20.3 Å². The SMILES string of the molecule is CCc1ccc(N2C(=O)CS[C@H]2c2ccccc2Cl)cc1. The number of rotatable bonds is 3. The number of hydrogen-bond acceptors (Lipinski definition) is 2. The molecule has 108 valence electrons. The Balaban J connectivity index is 1.97. The van der Waals surface area contributed by atoms with Gasteiger partial charge in [0.1, 0.15) is 5.37 Å². The lowest BCUT2D eigenvalue weighted by atomic mass is 10.1. The van der Waals surface area contributed by atoms with Gasteiger partial charge < -0.3 is 0 Å². The molecule has 0 radical (unpaired) electrons. The molecule has 0 saturated carbocycles. The molecule has 1 aliphatic heterocycles. The molecule has 3 rings (SSSR count). The molecule has 1 fully saturated rings. The minimum atomic E-state index is -0.0429. The summed E-state index contributed by atoms with van der Waals surface area (Å²) in [6.07, 6.45) is 0.997. The van der Waals surface area contributed by atoms with Crippen LogP contribution < -0.4 is 4.90 Å². The predicted molar refractivity (Wildman–Crippen MR) is 90.0 cm³/mol. The molecular formula is C17H16ClNOS. The molecule has 21 heavy (non-hydrogen) atoms. The highest BCUT2D eigenvalue weighted by Crippen LogP contribution is 2.43. The zero-order valence-corrected chi connectivity index (χ0v) is 13.3. The molecule has 2 aromatic carbocycles. The number of anilines is 1. The fourth-order valence-corrected chi connectivity index (χ4v) is 4.02. The standard InChI is InChI=1S/C17H16ClNOS/c1-2-12-7-9-13(10-8-12)19-16(20)11-21-17(19)14-5-3-4-6-15(14)18/h3-10,17H,2,11H2,1H3/t17-/m0/s1. The lowest BCUT2D eigenvalue weighted by molar-refractivity contribution is -0.115. The molecule has 0 unspecified atom stereocenters. The zero-order chi connectivity index (χ0) is 14.8. The van der Waals surface area contributed by atoms with Crippen LogP contribution in [0.2, 0.25) is 5.02 Å². The molecule has 1 heterocycles. The van der Waals surface area contributed by atoms with Crippen molar-refractivity contribution in [3.63, 3.8) is 0 Å². The van der Waals surface area contributed by atoms with Gasteiger partial charge in [-0.2, -0.15) is 0 Å². The summed E-state index contributed by atoms with van der Waals surface area (Å²) in [5, 5.41) is 0.665. The summed E-state index contributed by atoms with van der Waals surface area (Å²) in [6, 6.07) is 15.9. The first-order valence-electron chi connectivity index (χ1n) is 6.97. The second-order valence-electron chi connectivity index (χ2n) is 4.97. The molecule has 0 aromatic heterocycles. The molecule has 0 aliphatic carbocycles. The fraction of sp³-hybridized carbons (Fsp3) is 0.235. The third kappa shape index (κ3) is 2.81. The van der Waals surface area contributed by atoms with Crippen LogP contribution in [0, 0.1) is 0 Å². The maximum absolute atomic E-state index is 12.3. The summed E-state index contributed by atoms with van der Waals surface area (Å²) in [7, 11) is 0. The van der Waals surface area contributed by atoms with E-state index in [9.17, 15) is 4.79 Å². The number of amides is 1. The largest absolute Gasteiger partial charge is 0.295 e. The number of halogens is 1. The lowest BCUT2D eigenvalue weighted by Gasteiger charge is -2.25. The van der Waals surface area contributed by atoms with Crippen molar-refractivity contribution in [2.24, 2.45) is 0 Å². The van der Waals surface area contributed by atoms with Crippen LogP contribution in [0.3, 0.4) is 0 Å². The van der Waals surface area contributed by atoms with E-state index < -0.39 is 0 Å². The van der Waals surface area contributed by atoms with E-state index in [4.69, 9.17) is 11.6 Å². The zero-order valence-electron chi connectivity index (χ0n) is 11.8. The van der Waals surface area contributed by atoms with Gasteiger partial charge in [0.2, 0.25) is 5.91 Å². The van der Waals surface area contributed by atoms with Crippen LogP contribution in [0.15, 0.2) is 48.5 Å². The van der Waals surface area contributed by atoms with Crippen LogP contribution in [0.1, 0.15) is 23.4 Å². The van der Waals surface area contributed by atoms with Crippen molar-refractivity contribution >= 4 is 35.0 Å². The molecule has 1 aliphatic rings. The van der Waals surface area contributed by atoms with Crippen LogP contribution in [-0.2, 0) is 11.2 Å². The van der Waals surface area contributed by atoms with E-state index in [2.05, 4.69) is 19.1 Å². The molecule has 2 aromatic rings. The Kier molecular flexibility index (Phi) is 4.22. The van der Waals surface area contributed by atoms with Crippen molar-refractivity contribution in [2.45, 2.75) is 18.7 Å². The van der Waals surface area contributed by atoms with E-state index in [-0.39, 0.29) is 11.3 Å². The fourth-order valence-electron chi connectivity index (χ4n) is 2.50. The van der Waals surface area contributed by atoms with Crippen LogP contribution in [0.25, 0.3) is 0 Å². The Hall–Kier alpha value is -1.45. The Labute approximate surface area is 134 Å². The number of nitrogens with zero attached hydrogens (tertiary/aromatic N) is 1. The van der Waals surface area contributed by atoms with E-state index in [0.29, 0.717) is 10.8 Å². The Morgan fingerprint density at radius 1 is 1.19 bits per heavy atom. The van der Waals surface area contributed by atoms with Crippen molar-refractivity contribution in [3.05, 3.63) is 64.7 Å². The number of carbonyl (C=O) groups is 1. The predicted octanol–water partition coefficient (Wildman–Crippen LogP) is 4.68. The van der Waals surface area contributed by atoms with E-state index in [1.54, 1.807) is 11.8 Å². The summed E-state index contributed by atoms with van der Waals surface area (Å²) < 4.78 is 0. The quantitative estimate of drug-likeness (QED) is 0.819. The highest BCUT2D eigenvalue weighted by Gasteiger charge is 2.34. The number of aryl methyl sites for hydroxylation is 1. The van der Waals surface area contributed by atoms with Gasteiger partial charge in [-0.25, -0.2) is 0 Å². The average Bonchev–Trinajstić information content (AvgIpc) is 2.89. The van der Waals surface area contributed by atoms with Crippen LogP contribution in [0.5, 0.6) is 0 Å². The van der Waals surface area contributed by atoms with Crippen LogP contribution in [0.4, 0.5) is 5.69 Å². The summed E-state index contributed by atoms with van der Waals surface area (Å²) in [5.74, 6) is 0.625. The minimum Gasteiger partial charge on any atom is -0.295 e. The van der Waals surface area contributed by atoms with Crippen molar-refractivity contribution in [1.82, 2.24) is 0 Å². The molecule has 1 saturated heterocycles. The van der Waals surface area contributed by atoms with E-state index in [0.717, 1.165) is 17.7 Å². The highest BCUT2D eigenvalue weighted by atomic mass is 35.5. The number of thioether (sulfide) groups is 1. The van der Waals surface area contributed by atoms with Crippen molar-refractivity contribution in [2.75, 3.05) is 10.7 Å². The van der Waals surface area contributed by atoms with E-state index >= 15 is 0 Å². The average molecular weight is 318 g/mol. The molecule has 0 bridgehead atoms. The van der Waals surface area contributed by atoms with Gasteiger partial charge in [-0.05, 0) is 30.2 Å². The Morgan fingerprint density at radius 3 is 2.57 bits per heavy atom. The molecular weight excluding hydrogens is 302 g/mol. The van der Waals surface area contributed by atoms with Crippen LogP contribution in [-0.4, -0.2) is 11.7 Å². The summed E-state index contributed by atoms with van der Waals surface area (Å²) in [5.41, 5.74) is 3.20. The molecule has 0 spiro atoms. The van der Waals surface area contributed by atoms with E-state index in [1.165, 1.54) is 5.56 Å². The first-order chi connectivity index (χ1) is 10.2. The second-order valence-corrected chi connectivity index (χ2v) is 6.44. The Morgan fingerprint density at radius 2 is 1.90 bits per heavy atom. The van der Waals surface area contributed by atoms with Crippen molar-refractivity contribution < 1.29 is 4.79 Å². The first kappa shape index (κ1) is 14.5. The van der Waals surface area contributed by atoms with Crippen molar-refractivity contribution in [1.29, 1.82) is 0 Å². The van der Waals surface area contributed by atoms with Gasteiger partial charge >= 0.3 is 0 Å². The lowest BCUT2D eigenvalue weighted by Crippen LogP contribution is -2.27. The maximum atomic E-state index is 12.3. The molecule has 4 heteroatoms.